The van der Waals surface area contributed by atoms with Gasteiger partial charge in [-0.25, -0.2) is 0 Å². The second-order valence-electron chi connectivity index (χ2n) is 6.31. The lowest BCUT2D eigenvalue weighted by Gasteiger charge is -2.10. The maximum Gasteiger partial charge on any atom is 0.185 e. The first kappa shape index (κ1) is 16.8. The Bertz CT molecular complexity index is 909. The van der Waals surface area contributed by atoms with E-state index in [1.807, 2.05) is 78.9 Å². The van der Waals surface area contributed by atoms with Crippen LogP contribution in [0.4, 0.5) is 0 Å². The van der Waals surface area contributed by atoms with Crippen molar-refractivity contribution in [3.63, 3.8) is 0 Å². The summed E-state index contributed by atoms with van der Waals surface area (Å²) < 4.78 is 5.91. The molecule has 1 heterocycles. The number of ketones is 1. The van der Waals surface area contributed by atoms with E-state index in [4.69, 9.17) is 16.3 Å². The lowest BCUT2D eigenvalue weighted by Crippen LogP contribution is -2.12. The minimum Gasteiger partial charge on any atom is -0.488 e. The largest absolute Gasteiger partial charge is 0.488 e. The molecule has 4 rings (SSSR count). The van der Waals surface area contributed by atoms with Gasteiger partial charge in [-0.2, -0.15) is 0 Å². The van der Waals surface area contributed by atoms with Gasteiger partial charge in [-0.1, -0.05) is 66.2 Å². The summed E-state index contributed by atoms with van der Waals surface area (Å²) >= 11 is 5.93. The van der Waals surface area contributed by atoms with Gasteiger partial charge in [0.05, 0.1) is 17.6 Å². The van der Waals surface area contributed by atoms with E-state index in [0.717, 1.165) is 11.1 Å². The van der Waals surface area contributed by atoms with Crippen molar-refractivity contribution in [3.05, 3.63) is 101 Å². The van der Waals surface area contributed by atoms with Crippen LogP contribution in [0.2, 0.25) is 5.02 Å². The number of carbonyl (C=O) groups excluding carboxylic acids is 1. The monoisotopic (exact) mass is 363 g/mol. The Hall–Kier alpha value is -2.62. The van der Waals surface area contributed by atoms with Crippen molar-refractivity contribution in [1.29, 1.82) is 0 Å². The van der Waals surface area contributed by atoms with Gasteiger partial charge in [0, 0.05) is 5.02 Å². The minimum atomic E-state index is -0.224. The molecule has 1 N–H and O–H groups in total. The maximum absolute atomic E-state index is 12.9. The summed E-state index contributed by atoms with van der Waals surface area (Å²) in [7, 11) is 0. The number of ether oxygens (including phenoxy) is 1. The van der Waals surface area contributed by atoms with E-state index in [9.17, 15) is 4.79 Å². The molecule has 0 aromatic heterocycles. The molecule has 0 unspecified atom stereocenters. The van der Waals surface area contributed by atoms with Gasteiger partial charge in [-0.15, -0.1) is 0 Å². The van der Waals surface area contributed by atoms with E-state index >= 15 is 0 Å². The van der Waals surface area contributed by atoms with Crippen LogP contribution >= 0.6 is 11.6 Å². The predicted octanol–water partition coefficient (Wildman–Crippen LogP) is 4.81. The molecule has 0 spiro atoms. The van der Waals surface area contributed by atoms with Gasteiger partial charge in [0.1, 0.15) is 12.4 Å². The molecule has 3 aromatic rings. The van der Waals surface area contributed by atoms with E-state index in [1.165, 1.54) is 0 Å². The summed E-state index contributed by atoms with van der Waals surface area (Å²) in [6, 6.07) is 24.7. The third-order valence-corrected chi connectivity index (χ3v) is 4.74. The van der Waals surface area contributed by atoms with Crippen molar-refractivity contribution in [2.24, 2.45) is 0 Å². The highest BCUT2D eigenvalue weighted by atomic mass is 35.5. The smallest absolute Gasteiger partial charge is 0.185 e. The highest BCUT2D eigenvalue weighted by Gasteiger charge is 2.44. The Kier molecular flexibility index (Phi) is 4.74. The number of halogens is 1. The molecule has 0 radical (unpaired) electrons. The number of benzene rings is 3. The molecule has 3 nitrogen and oxygen atoms in total. The second kappa shape index (κ2) is 7.32. The quantitative estimate of drug-likeness (QED) is 0.504. The van der Waals surface area contributed by atoms with Crippen LogP contribution < -0.4 is 10.1 Å². The number of para-hydroxylation sites is 1. The fourth-order valence-electron chi connectivity index (χ4n) is 3.02. The first-order valence-corrected chi connectivity index (χ1v) is 8.91. The van der Waals surface area contributed by atoms with E-state index in [-0.39, 0.29) is 17.9 Å². The molecule has 130 valence electrons. The van der Waals surface area contributed by atoms with Crippen LogP contribution in [0.1, 0.15) is 27.5 Å². The molecule has 1 aliphatic heterocycles. The Morgan fingerprint density at radius 1 is 0.923 bits per heavy atom. The molecule has 1 aliphatic rings. The molecule has 3 aromatic carbocycles. The van der Waals surface area contributed by atoms with Crippen LogP contribution in [0, 0.1) is 0 Å². The zero-order valence-electron chi connectivity index (χ0n) is 14.1. The van der Waals surface area contributed by atoms with E-state index < -0.39 is 0 Å². The van der Waals surface area contributed by atoms with Crippen molar-refractivity contribution < 1.29 is 9.53 Å². The first-order valence-electron chi connectivity index (χ1n) is 8.54. The summed E-state index contributed by atoms with van der Waals surface area (Å²) in [5, 5.41) is 3.95. The number of carbonyl (C=O) groups is 1. The predicted molar refractivity (Wildman–Crippen MR) is 103 cm³/mol. The summed E-state index contributed by atoms with van der Waals surface area (Å²) in [4.78, 5) is 12.9. The van der Waals surface area contributed by atoms with Crippen LogP contribution in [0.3, 0.4) is 0 Å². The molecule has 0 aliphatic carbocycles. The van der Waals surface area contributed by atoms with Crippen molar-refractivity contribution in [2.75, 3.05) is 0 Å². The van der Waals surface area contributed by atoms with Crippen LogP contribution in [0.5, 0.6) is 5.75 Å². The molecule has 4 heteroatoms. The maximum atomic E-state index is 12.9. The number of hydrogen-bond acceptors (Lipinski definition) is 3. The normalized spacial score (nSPS) is 18.3. The number of rotatable bonds is 6. The summed E-state index contributed by atoms with van der Waals surface area (Å²) in [6.07, 6.45) is 0. The van der Waals surface area contributed by atoms with Crippen LogP contribution in [-0.2, 0) is 6.61 Å². The van der Waals surface area contributed by atoms with Gasteiger partial charge in [-0.3, -0.25) is 10.1 Å². The zero-order chi connectivity index (χ0) is 17.9. The van der Waals surface area contributed by atoms with Gasteiger partial charge in [0.15, 0.2) is 5.78 Å². The number of Topliss-reactive ketones (excluding diaryl/α,β-unsaturated/α-hetero) is 1. The Morgan fingerprint density at radius 2 is 1.62 bits per heavy atom. The lowest BCUT2D eigenvalue weighted by molar-refractivity contribution is 0.0983. The fraction of sp³-hybridized carbons (Fsp3) is 0.136. The molecule has 0 saturated carbocycles. The van der Waals surface area contributed by atoms with E-state index in [1.54, 1.807) is 0 Å². The van der Waals surface area contributed by atoms with Gasteiger partial charge in [0.2, 0.25) is 0 Å². The van der Waals surface area contributed by atoms with Crippen molar-refractivity contribution >= 4 is 17.4 Å². The summed E-state index contributed by atoms with van der Waals surface area (Å²) in [6.45, 7) is 0.434. The van der Waals surface area contributed by atoms with Crippen molar-refractivity contribution in [2.45, 2.75) is 18.7 Å². The standard InChI is InChI=1S/C22H18ClNO2/c23-17-12-10-16(11-13-17)20-21(24-20)22(25)18-8-4-5-9-19(18)26-14-15-6-2-1-3-7-15/h1-13,20-21,24H,14H2/t20-,21-/m1/s1. The molecule has 0 amide bonds. The molecule has 26 heavy (non-hydrogen) atoms. The third-order valence-electron chi connectivity index (χ3n) is 4.48. The first-order chi connectivity index (χ1) is 12.7. The van der Waals surface area contributed by atoms with Gasteiger partial charge in [-0.05, 0) is 35.4 Å². The highest BCUT2D eigenvalue weighted by Crippen LogP contribution is 2.34. The van der Waals surface area contributed by atoms with Gasteiger partial charge >= 0.3 is 0 Å². The molecular formula is C22H18ClNO2. The van der Waals surface area contributed by atoms with E-state index in [0.29, 0.717) is 22.9 Å². The third kappa shape index (κ3) is 3.64. The SMILES string of the molecule is O=C(c1ccccc1OCc1ccccc1)[C@@H]1N[C@@H]1c1ccc(Cl)cc1. The van der Waals surface area contributed by atoms with Gasteiger partial charge in [0.25, 0.3) is 0 Å². The van der Waals surface area contributed by atoms with Crippen molar-refractivity contribution in [3.8, 4) is 5.75 Å². The topological polar surface area (TPSA) is 48.2 Å². The van der Waals surface area contributed by atoms with E-state index in [2.05, 4.69) is 5.32 Å². The van der Waals surface area contributed by atoms with Crippen LogP contribution in [0.25, 0.3) is 0 Å². The Labute approximate surface area is 157 Å². The lowest BCUT2D eigenvalue weighted by atomic mass is 10.0. The average Bonchev–Trinajstić information content (AvgIpc) is 3.48. The number of hydrogen-bond donors (Lipinski definition) is 1. The second-order valence-corrected chi connectivity index (χ2v) is 6.74. The average molecular weight is 364 g/mol. The summed E-state index contributed by atoms with van der Waals surface area (Å²) in [5.41, 5.74) is 2.74. The minimum absolute atomic E-state index is 0.0296. The molecule has 1 fully saturated rings. The zero-order valence-corrected chi connectivity index (χ0v) is 14.8. The van der Waals surface area contributed by atoms with Gasteiger partial charge < -0.3 is 4.74 Å². The van der Waals surface area contributed by atoms with Crippen LogP contribution in [0.15, 0.2) is 78.9 Å². The molecule has 0 bridgehead atoms. The molecule has 2 atom stereocenters. The molecular weight excluding hydrogens is 346 g/mol. The Balaban J connectivity index is 1.48. The summed E-state index contributed by atoms with van der Waals surface area (Å²) in [5.74, 6) is 0.665. The molecule has 1 saturated heterocycles. The fourth-order valence-corrected chi connectivity index (χ4v) is 3.15. The number of nitrogens with one attached hydrogen (secondary N) is 1. The Morgan fingerprint density at radius 3 is 2.38 bits per heavy atom. The highest BCUT2D eigenvalue weighted by molar-refractivity contribution is 6.30. The van der Waals surface area contributed by atoms with Crippen molar-refractivity contribution in [1.82, 2.24) is 5.32 Å². The van der Waals surface area contributed by atoms with Crippen LogP contribution in [-0.4, -0.2) is 11.8 Å².